The Bertz CT molecular complexity index is 742. The molecule has 2 heterocycles. The molecule has 0 bridgehead atoms. The van der Waals surface area contributed by atoms with Crippen molar-refractivity contribution < 1.29 is 4.74 Å². The third-order valence-electron chi connectivity index (χ3n) is 2.99. The molecule has 0 aliphatic heterocycles. The van der Waals surface area contributed by atoms with Gasteiger partial charge in [-0.05, 0) is 24.7 Å². The fourth-order valence-corrected chi connectivity index (χ4v) is 2.01. The zero-order valence-corrected chi connectivity index (χ0v) is 10.6. The van der Waals surface area contributed by atoms with Gasteiger partial charge in [0.05, 0.1) is 12.6 Å². The van der Waals surface area contributed by atoms with E-state index in [-0.39, 0.29) is 0 Å². The molecule has 19 heavy (non-hydrogen) atoms. The Morgan fingerprint density at radius 1 is 1.16 bits per heavy atom. The summed E-state index contributed by atoms with van der Waals surface area (Å²) in [5.74, 6) is 1.51. The lowest BCUT2D eigenvalue weighted by molar-refractivity contribution is 0.415. The van der Waals surface area contributed by atoms with Crippen molar-refractivity contribution in [2.45, 2.75) is 6.42 Å². The molecule has 3 aromatic rings. The molecule has 0 aliphatic carbocycles. The zero-order chi connectivity index (χ0) is 13.2. The van der Waals surface area contributed by atoms with Crippen LogP contribution < -0.4 is 10.5 Å². The van der Waals surface area contributed by atoms with E-state index >= 15 is 0 Å². The number of nitrogens with two attached hydrogens (primary N) is 1. The van der Waals surface area contributed by atoms with Gasteiger partial charge in [0, 0.05) is 29.5 Å². The topological polar surface area (TPSA) is 73.9 Å². The first kappa shape index (κ1) is 11.8. The van der Waals surface area contributed by atoms with Gasteiger partial charge in [0.25, 0.3) is 0 Å². The van der Waals surface area contributed by atoms with Gasteiger partial charge in [0.2, 0.25) is 0 Å². The van der Waals surface area contributed by atoms with E-state index in [1.165, 1.54) is 0 Å². The predicted octanol–water partition coefficient (Wildman–Crippen LogP) is 1.69. The van der Waals surface area contributed by atoms with Gasteiger partial charge in [-0.3, -0.25) is 0 Å². The molecule has 2 N–H and O–H groups in total. The minimum Gasteiger partial charge on any atom is -0.497 e. The van der Waals surface area contributed by atoms with Crippen molar-refractivity contribution in [3.63, 3.8) is 0 Å². The van der Waals surface area contributed by atoms with Gasteiger partial charge in [-0.1, -0.05) is 0 Å². The van der Waals surface area contributed by atoms with Gasteiger partial charge in [-0.2, -0.15) is 0 Å². The van der Waals surface area contributed by atoms with Crippen LogP contribution in [0.25, 0.3) is 21.9 Å². The van der Waals surface area contributed by atoms with Gasteiger partial charge in [-0.15, -0.1) is 0 Å². The van der Waals surface area contributed by atoms with E-state index in [0.29, 0.717) is 18.6 Å². The number of hydrogen-bond donors (Lipinski definition) is 1. The first-order valence-corrected chi connectivity index (χ1v) is 6.10. The van der Waals surface area contributed by atoms with E-state index in [4.69, 9.17) is 10.5 Å². The molecule has 0 spiro atoms. The molecule has 0 atom stereocenters. The monoisotopic (exact) mass is 254 g/mol. The molecule has 0 saturated heterocycles. The first-order chi connectivity index (χ1) is 9.30. The van der Waals surface area contributed by atoms with Crippen LogP contribution in [-0.2, 0) is 6.42 Å². The number of fused-ring (bicyclic) bond motifs is 2. The number of benzene rings is 1. The molecule has 3 rings (SSSR count). The highest BCUT2D eigenvalue weighted by atomic mass is 16.5. The maximum Gasteiger partial charge on any atom is 0.163 e. The Hall–Kier alpha value is -2.27. The van der Waals surface area contributed by atoms with Gasteiger partial charge < -0.3 is 10.5 Å². The van der Waals surface area contributed by atoms with Crippen molar-refractivity contribution in [1.82, 2.24) is 15.0 Å². The molecule has 0 saturated carbocycles. The van der Waals surface area contributed by atoms with E-state index in [1.54, 1.807) is 13.3 Å². The highest BCUT2D eigenvalue weighted by Gasteiger charge is 2.04. The highest BCUT2D eigenvalue weighted by molar-refractivity contribution is 5.91. The molecule has 0 amide bonds. The largest absolute Gasteiger partial charge is 0.497 e. The molecular formula is C14H14N4O. The second-order valence-corrected chi connectivity index (χ2v) is 4.28. The first-order valence-electron chi connectivity index (χ1n) is 6.10. The number of aromatic nitrogens is 3. The van der Waals surface area contributed by atoms with E-state index in [2.05, 4.69) is 15.0 Å². The highest BCUT2D eigenvalue weighted by Crippen LogP contribution is 2.22. The maximum absolute atomic E-state index is 5.52. The van der Waals surface area contributed by atoms with Crippen LogP contribution in [0.15, 0.2) is 30.5 Å². The predicted molar refractivity (Wildman–Crippen MR) is 74.1 cm³/mol. The average Bonchev–Trinajstić information content (AvgIpc) is 2.45. The second-order valence-electron chi connectivity index (χ2n) is 4.28. The fourth-order valence-electron chi connectivity index (χ4n) is 2.01. The molecule has 5 nitrogen and oxygen atoms in total. The van der Waals surface area contributed by atoms with Crippen LogP contribution in [0.3, 0.4) is 0 Å². The van der Waals surface area contributed by atoms with Crippen LogP contribution in [0.5, 0.6) is 5.75 Å². The summed E-state index contributed by atoms with van der Waals surface area (Å²) in [6, 6.07) is 7.83. The lowest BCUT2D eigenvalue weighted by atomic mass is 10.2. The molecule has 0 unspecified atom stereocenters. The third kappa shape index (κ3) is 2.20. The van der Waals surface area contributed by atoms with Crippen LogP contribution in [0.4, 0.5) is 0 Å². The third-order valence-corrected chi connectivity index (χ3v) is 2.99. The molecule has 5 heteroatoms. The fraction of sp³-hybridized carbons (Fsp3) is 0.214. The lowest BCUT2D eigenvalue weighted by Gasteiger charge is -2.04. The normalized spacial score (nSPS) is 11.1. The molecule has 0 radical (unpaired) electrons. The summed E-state index contributed by atoms with van der Waals surface area (Å²) in [7, 11) is 1.64. The molecule has 2 aromatic heterocycles. The summed E-state index contributed by atoms with van der Waals surface area (Å²) in [6.45, 7) is 0.535. The molecular weight excluding hydrogens is 240 g/mol. The summed E-state index contributed by atoms with van der Waals surface area (Å²) >= 11 is 0. The van der Waals surface area contributed by atoms with Crippen LogP contribution in [0, 0.1) is 0 Å². The number of pyridine rings is 1. The van der Waals surface area contributed by atoms with Crippen molar-refractivity contribution in [1.29, 1.82) is 0 Å². The van der Waals surface area contributed by atoms with Crippen LogP contribution >= 0.6 is 0 Å². The molecule has 1 aromatic carbocycles. The van der Waals surface area contributed by atoms with Crippen molar-refractivity contribution >= 4 is 21.9 Å². The molecule has 0 aliphatic rings. The molecule has 0 fully saturated rings. The van der Waals surface area contributed by atoms with Gasteiger partial charge in [0.1, 0.15) is 11.6 Å². The molecule has 96 valence electrons. The van der Waals surface area contributed by atoms with Gasteiger partial charge in [0.15, 0.2) is 5.65 Å². The van der Waals surface area contributed by atoms with Gasteiger partial charge in [-0.25, -0.2) is 15.0 Å². The summed E-state index contributed by atoms with van der Waals surface area (Å²) < 4.78 is 5.21. The number of methoxy groups -OCH3 is 1. The Kier molecular flexibility index (Phi) is 2.97. The summed E-state index contributed by atoms with van der Waals surface area (Å²) in [5, 5.41) is 1.97. The van der Waals surface area contributed by atoms with Crippen LogP contribution in [0.2, 0.25) is 0 Å². The smallest absolute Gasteiger partial charge is 0.163 e. The van der Waals surface area contributed by atoms with Crippen molar-refractivity contribution in [3.8, 4) is 5.75 Å². The summed E-state index contributed by atoms with van der Waals surface area (Å²) in [6.07, 6.45) is 2.46. The van der Waals surface area contributed by atoms with E-state index in [0.717, 1.165) is 27.9 Å². The summed E-state index contributed by atoms with van der Waals surface area (Å²) in [5.41, 5.74) is 7.07. The Labute approximate surface area is 110 Å². The van der Waals surface area contributed by atoms with Crippen molar-refractivity contribution in [2.75, 3.05) is 13.7 Å². The minimum absolute atomic E-state index is 0.535. The van der Waals surface area contributed by atoms with Crippen molar-refractivity contribution in [2.24, 2.45) is 5.73 Å². The van der Waals surface area contributed by atoms with E-state index in [9.17, 15) is 0 Å². The van der Waals surface area contributed by atoms with E-state index < -0.39 is 0 Å². The van der Waals surface area contributed by atoms with Gasteiger partial charge >= 0.3 is 0 Å². The Balaban J connectivity index is 2.20. The SMILES string of the molecule is COc1ccc2cc3cnc(CCN)nc3nc2c1. The Morgan fingerprint density at radius 2 is 2.05 bits per heavy atom. The standard InChI is InChI=1S/C14H14N4O/c1-19-11-3-2-9-6-10-8-16-13(4-5-15)18-14(10)17-12(9)7-11/h2-3,6-8H,4-5,15H2,1H3. The maximum atomic E-state index is 5.52. The van der Waals surface area contributed by atoms with E-state index in [1.807, 2.05) is 24.3 Å². The van der Waals surface area contributed by atoms with Crippen LogP contribution in [0.1, 0.15) is 5.82 Å². The zero-order valence-electron chi connectivity index (χ0n) is 10.6. The Morgan fingerprint density at radius 3 is 2.84 bits per heavy atom. The summed E-state index contributed by atoms with van der Waals surface area (Å²) in [4.78, 5) is 13.3. The number of ether oxygens (including phenoxy) is 1. The second kappa shape index (κ2) is 4.78. The number of hydrogen-bond acceptors (Lipinski definition) is 5. The minimum atomic E-state index is 0.535. The number of nitrogens with zero attached hydrogens (tertiary/aromatic N) is 3. The lowest BCUT2D eigenvalue weighted by Crippen LogP contribution is -2.06. The quantitative estimate of drug-likeness (QED) is 0.720. The van der Waals surface area contributed by atoms with Crippen molar-refractivity contribution in [3.05, 3.63) is 36.3 Å². The van der Waals surface area contributed by atoms with Crippen LogP contribution in [-0.4, -0.2) is 28.6 Å². The number of rotatable bonds is 3. The average molecular weight is 254 g/mol.